The number of benzene rings is 1. The van der Waals surface area contributed by atoms with E-state index in [1.165, 1.54) is 30.3 Å². The van der Waals surface area contributed by atoms with Gasteiger partial charge in [0.05, 0.1) is 5.39 Å². The third kappa shape index (κ3) is 4.08. The molecule has 0 N–H and O–H groups in total. The Labute approximate surface area is 165 Å². The quantitative estimate of drug-likeness (QED) is 0.763. The summed E-state index contributed by atoms with van der Waals surface area (Å²) in [4.78, 5) is 27.4. The highest BCUT2D eigenvalue weighted by atomic mass is 16.5. The van der Waals surface area contributed by atoms with Crippen LogP contribution in [0.2, 0.25) is 0 Å². The van der Waals surface area contributed by atoms with Crippen molar-refractivity contribution in [2.24, 2.45) is 11.8 Å². The van der Waals surface area contributed by atoms with Gasteiger partial charge >= 0.3 is 5.76 Å². The summed E-state index contributed by atoms with van der Waals surface area (Å²) >= 11 is 0. The van der Waals surface area contributed by atoms with E-state index in [9.17, 15) is 9.59 Å². The molecule has 2 aliphatic rings. The molecule has 1 saturated carbocycles. The first-order valence-corrected chi connectivity index (χ1v) is 10.5. The van der Waals surface area contributed by atoms with Gasteiger partial charge in [0.15, 0.2) is 0 Å². The van der Waals surface area contributed by atoms with Crippen molar-refractivity contribution in [3.8, 4) is 0 Å². The molecule has 6 nitrogen and oxygen atoms in total. The zero-order valence-corrected chi connectivity index (χ0v) is 16.6. The fraction of sp³-hybridized carbons (Fsp3) is 0.636. The SMILES string of the molecule is COC1CC(CCn2c(=O)oc3ccccc3c2=O)CCN1CC1CCCC1. The standard InChI is InChI=1S/C22H30N2O4/c1-27-20-14-16(10-12-23(20)15-17-6-2-3-7-17)11-13-24-21(25)18-8-4-5-9-19(18)28-22(24)26/h4-5,8-9,16-17,20H,2-3,6-7,10-15H2,1H3. The molecule has 1 aliphatic heterocycles. The van der Waals surface area contributed by atoms with E-state index in [1.807, 2.05) is 0 Å². The maximum atomic E-state index is 12.7. The number of ether oxygens (including phenoxy) is 1. The summed E-state index contributed by atoms with van der Waals surface area (Å²) < 4.78 is 12.3. The average Bonchev–Trinajstić information content (AvgIpc) is 3.22. The highest BCUT2D eigenvalue weighted by Crippen LogP contribution is 2.31. The van der Waals surface area contributed by atoms with Gasteiger partial charge in [0.1, 0.15) is 11.8 Å². The van der Waals surface area contributed by atoms with Gasteiger partial charge in [-0.05, 0) is 56.1 Å². The molecule has 0 bridgehead atoms. The molecule has 0 amide bonds. The van der Waals surface area contributed by atoms with E-state index >= 15 is 0 Å². The summed E-state index contributed by atoms with van der Waals surface area (Å²) in [7, 11) is 1.79. The van der Waals surface area contributed by atoms with Crippen molar-refractivity contribution >= 4 is 11.0 Å². The van der Waals surface area contributed by atoms with Crippen LogP contribution in [0.4, 0.5) is 0 Å². The highest BCUT2D eigenvalue weighted by molar-refractivity contribution is 5.74. The van der Waals surface area contributed by atoms with E-state index < -0.39 is 5.76 Å². The first-order chi connectivity index (χ1) is 13.7. The van der Waals surface area contributed by atoms with Crippen LogP contribution in [0.5, 0.6) is 0 Å². The van der Waals surface area contributed by atoms with Gasteiger partial charge in [0, 0.05) is 26.7 Å². The number of rotatable bonds is 6. The molecule has 2 unspecified atom stereocenters. The Morgan fingerprint density at radius 3 is 2.68 bits per heavy atom. The van der Waals surface area contributed by atoms with Crippen LogP contribution in [0, 0.1) is 11.8 Å². The van der Waals surface area contributed by atoms with Gasteiger partial charge < -0.3 is 9.15 Å². The zero-order valence-electron chi connectivity index (χ0n) is 16.6. The topological polar surface area (TPSA) is 64.7 Å². The first kappa shape index (κ1) is 19.4. The summed E-state index contributed by atoms with van der Waals surface area (Å²) in [5.41, 5.74) is 0.0993. The number of likely N-dealkylation sites (tertiary alicyclic amines) is 1. The Hall–Kier alpha value is -1.92. The molecule has 2 aromatic rings. The monoisotopic (exact) mass is 386 g/mol. The van der Waals surface area contributed by atoms with Gasteiger partial charge in [-0.25, -0.2) is 9.36 Å². The van der Waals surface area contributed by atoms with E-state index in [2.05, 4.69) is 4.90 Å². The fourth-order valence-corrected chi connectivity index (χ4v) is 4.90. The number of methoxy groups -OCH3 is 1. The molecule has 0 spiro atoms. The van der Waals surface area contributed by atoms with Crippen molar-refractivity contribution in [3.63, 3.8) is 0 Å². The second-order valence-electron chi connectivity index (χ2n) is 8.34. The number of fused-ring (bicyclic) bond motifs is 1. The van der Waals surface area contributed by atoms with Crippen LogP contribution in [-0.2, 0) is 11.3 Å². The van der Waals surface area contributed by atoms with Gasteiger partial charge in [0.25, 0.3) is 5.56 Å². The molecule has 4 rings (SSSR count). The molecule has 1 aromatic carbocycles. The molecular formula is C22H30N2O4. The summed E-state index contributed by atoms with van der Waals surface area (Å²) in [5.74, 6) is 0.697. The van der Waals surface area contributed by atoms with Crippen LogP contribution in [0.3, 0.4) is 0 Å². The number of nitrogens with zero attached hydrogens (tertiary/aromatic N) is 2. The molecule has 1 aromatic heterocycles. The first-order valence-electron chi connectivity index (χ1n) is 10.5. The summed E-state index contributed by atoms with van der Waals surface area (Å²) in [6.45, 7) is 2.57. The van der Waals surface area contributed by atoms with Crippen molar-refractivity contribution in [3.05, 3.63) is 45.2 Å². The Morgan fingerprint density at radius 2 is 1.89 bits per heavy atom. The normalized spacial score (nSPS) is 24.2. The Balaban J connectivity index is 1.40. The van der Waals surface area contributed by atoms with Gasteiger partial charge in [-0.2, -0.15) is 0 Å². The van der Waals surface area contributed by atoms with Gasteiger partial charge in [-0.1, -0.05) is 25.0 Å². The van der Waals surface area contributed by atoms with E-state index in [0.717, 1.165) is 38.3 Å². The summed E-state index contributed by atoms with van der Waals surface area (Å²) in [5, 5.41) is 0.461. The van der Waals surface area contributed by atoms with E-state index in [0.29, 0.717) is 23.4 Å². The molecule has 28 heavy (non-hydrogen) atoms. The maximum Gasteiger partial charge on any atom is 0.422 e. The minimum absolute atomic E-state index is 0.143. The van der Waals surface area contributed by atoms with Gasteiger partial charge in [-0.15, -0.1) is 0 Å². The van der Waals surface area contributed by atoms with E-state index in [4.69, 9.17) is 9.15 Å². The van der Waals surface area contributed by atoms with Crippen molar-refractivity contribution in [1.29, 1.82) is 0 Å². The third-order valence-corrected chi connectivity index (χ3v) is 6.55. The van der Waals surface area contributed by atoms with E-state index in [-0.39, 0.29) is 11.8 Å². The highest BCUT2D eigenvalue weighted by Gasteiger charge is 2.30. The Morgan fingerprint density at radius 1 is 1.11 bits per heavy atom. The molecule has 2 fully saturated rings. The molecule has 2 atom stereocenters. The van der Waals surface area contributed by atoms with Crippen LogP contribution in [0.25, 0.3) is 11.0 Å². The van der Waals surface area contributed by atoms with Crippen LogP contribution >= 0.6 is 0 Å². The van der Waals surface area contributed by atoms with Crippen LogP contribution in [-0.4, -0.2) is 35.9 Å². The molecular weight excluding hydrogens is 356 g/mol. The summed E-state index contributed by atoms with van der Waals surface area (Å²) in [6, 6.07) is 6.92. The van der Waals surface area contributed by atoms with Crippen LogP contribution < -0.4 is 11.3 Å². The van der Waals surface area contributed by atoms with Crippen molar-refractivity contribution in [1.82, 2.24) is 9.47 Å². The molecule has 152 valence electrons. The molecule has 2 heterocycles. The lowest BCUT2D eigenvalue weighted by molar-refractivity contribution is -0.0779. The fourth-order valence-electron chi connectivity index (χ4n) is 4.90. The second kappa shape index (κ2) is 8.62. The minimum atomic E-state index is -0.564. The lowest BCUT2D eigenvalue weighted by Gasteiger charge is -2.39. The van der Waals surface area contributed by atoms with Crippen molar-refractivity contribution in [2.45, 2.75) is 57.7 Å². The van der Waals surface area contributed by atoms with E-state index in [1.54, 1.807) is 31.4 Å². The number of hydrogen-bond acceptors (Lipinski definition) is 5. The van der Waals surface area contributed by atoms with Crippen LogP contribution in [0.15, 0.2) is 38.3 Å². The smallest absolute Gasteiger partial charge is 0.409 e. The average molecular weight is 386 g/mol. The van der Waals surface area contributed by atoms with Crippen molar-refractivity contribution < 1.29 is 9.15 Å². The van der Waals surface area contributed by atoms with Gasteiger partial charge in [-0.3, -0.25) is 9.69 Å². The largest absolute Gasteiger partial charge is 0.422 e. The third-order valence-electron chi connectivity index (χ3n) is 6.55. The lowest BCUT2D eigenvalue weighted by Crippen LogP contribution is -2.46. The summed E-state index contributed by atoms with van der Waals surface area (Å²) in [6.07, 6.45) is 8.39. The van der Waals surface area contributed by atoms with Crippen molar-refractivity contribution in [2.75, 3.05) is 20.2 Å². The minimum Gasteiger partial charge on any atom is -0.409 e. The molecule has 0 radical (unpaired) electrons. The Bertz CT molecular complexity index is 913. The molecule has 1 aliphatic carbocycles. The number of aromatic nitrogens is 1. The second-order valence-corrected chi connectivity index (χ2v) is 8.34. The van der Waals surface area contributed by atoms with Crippen LogP contribution in [0.1, 0.15) is 44.9 Å². The maximum absolute atomic E-state index is 12.7. The van der Waals surface area contributed by atoms with Gasteiger partial charge in [0.2, 0.25) is 0 Å². The molecule has 1 saturated heterocycles. The predicted octanol–water partition coefficient (Wildman–Crippen LogP) is 3.22. The number of hydrogen-bond donors (Lipinski definition) is 0. The molecule has 6 heteroatoms. The number of para-hydroxylation sites is 1. The Kier molecular flexibility index (Phi) is 5.97. The predicted molar refractivity (Wildman–Crippen MR) is 108 cm³/mol. The number of piperidine rings is 1. The lowest BCUT2D eigenvalue weighted by atomic mass is 9.91. The zero-order chi connectivity index (χ0) is 19.5.